The molecule has 1 amide bonds. The van der Waals surface area contributed by atoms with Crippen LogP contribution in [0.15, 0.2) is 59.3 Å². The Bertz CT molecular complexity index is 2160. The van der Waals surface area contributed by atoms with Gasteiger partial charge in [0.25, 0.3) is 0 Å². The maximum Gasteiger partial charge on any atom is 0.230 e. The topological polar surface area (TPSA) is 151 Å². The van der Waals surface area contributed by atoms with Gasteiger partial charge in [0.1, 0.15) is 17.8 Å². The second-order valence-electron chi connectivity index (χ2n) is 26.8. The molecule has 4 fully saturated rings. The van der Waals surface area contributed by atoms with Gasteiger partial charge in [0.15, 0.2) is 35.0 Å². The van der Waals surface area contributed by atoms with Crippen LogP contribution in [0.25, 0.3) is 0 Å². The number of allylic oxidation sites excluding steroid dienone is 2. The van der Waals surface area contributed by atoms with Crippen molar-refractivity contribution in [3.8, 4) is 0 Å². The molecule has 20 atom stereocenters. The van der Waals surface area contributed by atoms with E-state index in [-0.39, 0.29) is 77.1 Å². The van der Waals surface area contributed by atoms with Crippen molar-refractivity contribution >= 4 is 22.5 Å². The molecule has 1 unspecified atom stereocenters. The van der Waals surface area contributed by atoms with Gasteiger partial charge < -0.3 is 61.9 Å². The number of amides is 1. The van der Waals surface area contributed by atoms with Crippen LogP contribution >= 0.6 is 0 Å². The van der Waals surface area contributed by atoms with E-state index in [1.165, 1.54) is 0 Å². The first-order chi connectivity index (χ1) is 35.4. The summed E-state index contributed by atoms with van der Waals surface area (Å²) in [5, 5.41) is 16.7. The SMILES string of the molecule is CCC(C)[C@H]1O[C@]2(C=C[C@@H]1C)C[C@@H]1C[C@@H](C/C=C(\C)[C@@H](O[C@H]3C[C@H](OC)[C@@H](O[C@H]4C[C@H](OC)[C@@H](O[Si](C)(C)C(C)(C)C)[C@H](C)O4)[C@H](C)O3)[C@@H](C)/C=C/C=C3\CO[C@@H]4[C@H](O[Si](C)(C)C(C)(C)C)C(C)=C[C@@H](C(=O)N1)[C@]34O)O2. The van der Waals surface area contributed by atoms with Crippen molar-refractivity contribution in [2.75, 3.05) is 20.8 Å². The lowest BCUT2D eigenvalue weighted by Gasteiger charge is -2.49. The molecule has 0 aromatic carbocycles. The molecule has 7 aliphatic rings. The van der Waals surface area contributed by atoms with Gasteiger partial charge in [-0.2, -0.15) is 0 Å². The quantitative estimate of drug-likeness (QED) is 0.141. The van der Waals surface area contributed by atoms with Crippen LogP contribution < -0.4 is 5.32 Å². The summed E-state index contributed by atoms with van der Waals surface area (Å²) < 4.78 is 74.2. The largest absolute Gasteiger partial charge is 0.409 e. The van der Waals surface area contributed by atoms with Crippen molar-refractivity contribution in [2.45, 2.75) is 269 Å². The second-order valence-corrected chi connectivity index (χ2v) is 36.3. The molecule has 1 spiro atoms. The summed E-state index contributed by atoms with van der Waals surface area (Å²) in [6.45, 7) is 39.3. The van der Waals surface area contributed by atoms with Gasteiger partial charge in [-0.05, 0) is 106 Å². The summed E-state index contributed by atoms with van der Waals surface area (Å²) in [5.41, 5.74) is 0.844. The molecular weight excluding hydrogens is 999 g/mol. The van der Waals surface area contributed by atoms with Crippen molar-refractivity contribution in [1.82, 2.24) is 5.32 Å². The standard InChI is InChI=1S/C60H101NO13Si2/c1-21-35(2)51-38(5)27-28-59(72-51)33-43-30-44(71-59)26-25-37(4)50(36(3)23-22-24-42-34-66-55-52(73-75(17,18)57(9,10)11)39(6)29-45(56(62)61-43)60(42,55)63)69-48-31-46(64-15)53(40(7)67-48)70-49-32-47(65-16)54(41(8)68-49)74-76(19,20)58(12,13)14/h22-25,27-29,35-36,38,40-41,43-55,63H,21,26,30-34H2,1-20H3,(H,61,62)/b23-22+,37-25+,42-24+/t35?,36-,38-,40-,41-,43-,44+,45-,46-,47-,48-,49-,50-,51+,52+,53-,54-,55+,59+,60+/m0/s1. The third-order valence-corrected chi connectivity index (χ3v) is 28.0. The number of methoxy groups -OCH3 is 2. The molecule has 432 valence electrons. The molecule has 1 aliphatic carbocycles. The average molecular weight is 1100 g/mol. The fourth-order valence-electron chi connectivity index (χ4n) is 12.0. The Kier molecular flexibility index (Phi) is 19.4. The normalized spacial score (nSPS) is 43.2. The molecule has 76 heavy (non-hydrogen) atoms. The van der Waals surface area contributed by atoms with Crippen LogP contribution in [-0.4, -0.2) is 146 Å². The first-order valence-corrected chi connectivity index (χ1v) is 34.6. The number of carbonyl (C=O) groups excluding carboxylic acids is 1. The van der Waals surface area contributed by atoms with E-state index in [0.717, 1.165) is 17.6 Å². The van der Waals surface area contributed by atoms with Gasteiger partial charge in [-0.1, -0.05) is 112 Å². The Labute approximate surface area is 460 Å². The molecule has 2 bridgehead atoms. The van der Waals surface area contributed by atoms with E-state index < -0.39 is 77.0 Å². The molecule has 0 saturated carbocycles. The maximum absolute atomic E-state index is 15.0. The second kappa shape index (κ2) is 23.9. The summed E-state index contributed by atoms with van der Waals surface area (Å²) in [5.74, 6) is -1.91. The number of fused-ring (bicyclic) bond motifs is 2. The van der Waals surface area contributed by atoms with Crippen molar-refractivity contribution in [1.29, 1.82) is 0 Å². The van der Waals surface area contributed by atoms with Gasteiger partial charge in [0.05, 0.1) is 67.5 Å². The van der Waals surface area contributed by atoms with E-state index >= 15 is 4.79 Å². The minimum Gasteiger partial charge on any atom is -0.409 e. The molecule has 2 N–H and O–H groups in total. The van der Waals surface area contributed by atoms with Gasteiger partial charge in [0.2, 0.25) is 5.91 Å². The molecule has 6 heterocycles. The Morgan fingerprint density at radius 3 is 2.03 bits per heavy atom. The van der Waals surface area contributed by atoms with Crippen molar-refractivity contribution in [3.63, 3.8) is 0 Å². The molecule has 4 saturated heterocycles. The highest BCUT2D eigenvalue weighted by molar-refractivity contribution is 6.74. The number of hydrogen-bond donors (Lipinski definition) is 2. The zero-order valence-electron chi connectivity index (χ0n) is 50.2. The predicted octanol–water partition coefficient (Wildman–Crippen LogP) is 11.0. The van der Waals surface area contributed by atoms with Crippen LogP contribution in [0.1, 0.15) is 135 Å². The van der Waals surface area contributed by atoms with Gasteiger partial charge in [-0.25, -0.2) is 0 Å². The summed E-state index contributed by atoms with van der Waals surface area (Å²) in [7, 11) is -1.03. The van der Waals surface area contributed by atoms with Gasteiger partial charge in [-0.3, -0.25) is 4.79 Å². The summed E-state index contributed by atoms with van der Waals surface area (Å²) >= 11 is 0. The minimum atomic E-state index is -2.37. The summed E-state index contributed by atoms with van der Waals surface area (Å²) in [6.07, 6.45) is 12.7. The lowest BCUT2D eigenvalue weighted by molar-refractivity contribution is -0.317. The van der Waals surface area contributed by atoms with E-state index in [1.54, 1.807) is 14.2 Å². The van der Waals surface area contributed by atoms with Crippen LogP contribution in [-0.2, 0) is 56.3 Å². The third-order valence-electron chi connectivity index (χ3n) is 19.0. The van der Waals surface area contributed by atoms with Crippen molar-refractivity contribution in [2.24, 2.45) is 23.7 Å². The maximum atomic E-state index is 15.0. The number of nitrogens with one attached hydrogen (secondary N) is 1. The Hall–Kier alpha value is -1.88. The lowest BCUT2D eigenvalue weighted by atomic mass is 9.70. The number of rotatable bonds is 12. The Morgan fingerprint density at radius 1 is 0.803 bits per heavy atom. The Morgan fingerprint density at radius 2 is 1.41 bits per heavy atom. The first-order valence-electron chi connectivity index (χ1n) is 28.8. The monoisotopic (exact) mass is 1100 g/mol. The number of hydrogen-bond acceptors (Lipinski definition) is 13. The van der Waals surface area contributed by atoms with Gasteiger partial charge in [0, 0.05) is 51.4 Å². The van der Waals surface area contributed by atoms with E-state index in [4.69, 9.17) is 51.5 Å². The van der Waals surface area contributed by atoms with E-state index in [9.17, 15) is 5.11 Å². The Balaban J connectivity index is 1.18. The smallest absolute Gasteiger partial charge is 0.230 e. The number of ether oxygens (including phenoxy) is 9. The zero-order chi connectivity index (χ0) is 56.1. The fraction of sp³-hybridized carbons (Fsp3) is 0.817. The molecule has 0 aromatic heterocycles. The molecule has 0 radical (unpaired) electrons. The van der Waals surface area contributed by atoms with E-state index in [1.807, 2.05) is 39.0 Å². The van der Waals surface area contributed by atoms with Gasteiger partial charge >= 0.3 is 0 Å². The van der Waals surface area contributed by atoms with Gasteiger partial charge in [-0.15, -0.1) is 0 Å². The number of aliphatic hydroxyl groups is 1. The molecule has 0 aromatic rings. The first kappa shape index (κ1) is 61.7. The summed E-state index contributed by atoms with van der Waals surface area (Å²) in [6, 6.07) is -0.320. The lowest BCUT2D eigenvalue weighted by Crippen LogP contribution is -2.62. The molecule has 16 heteroatoms. The van der Waals surface area contributed by atoms with Crippen LogP contribution in [0.2, 0.25) is 36.3 Å². The molecule has 6 aliphatic heterocycles. The third kappa shape index (κ3) is 13.1. The van der Waals surface area contributed by atoms with E-state index in [0.29, 0.717) is 43.6 Å². The highest BCUT2D eigenvalue weighted by Gasteiger charge is 2.61. The van der Waals surface area contributed by atoms with Crippen LogP contribution in [0, 0.1) is 23.7 Å². The minimum absolute atomic E-state index is 0.0391. The van der Waals surface area contributed by atoms with Crippen LogP contribution in [0.5, 0.6) is 0 Å². The zero-order valence-corrected chi connectivity index (χ0v) is 52.2. The summed E-state index contributed by atoms with van der Waals surface area (Å²) in [4.78, 5) is 15.0. The average Bonchev–Trinajstić information content (AvgIpc) is 3.67. The fourth-order valence-corrected chi connectivity index (χ4v) is 14.7. The highest BCUT2D eigenvalue weighted by Crippen LogP contribution is 2.50. The molecule has 7 rings (SSSR count). The van der Waals surface area contributed by atoms with E-state index in [2.05, 4.69) is 132 Å². The number of carbonyl (C=O) groups is 1. The van der Waals surface area contributed by atoms with Crippen molar-refractivity contribution in [3.05, 3.63) is 59.3 Å². The van der Waals surface area contributed by atoms with Crippen LogP contribution in [0.3, 0.4) is 0 Å². The molecular formula is C60H101NO13Si2. The predicted molar refractivity (Wildman–Crippen MR) is 301 cm³/mol. The van der Waals surface area contributed by atoms with Crippen molar-refractivity contribution < 1.29 is 61.4 Å². The highest BCUT2D eigenvalue weighted by atomic mass is 28.4. The van der Waals surface area contributed by atoms with Crippen LogP contribution in [0.4, 0.5) is 0 Å². The molecule has 14 nitrogen and oxygen atoms in total.